The van der Waals surface area contributed by atoms with Gasteiger partial charge in [0.2, 0.25) is 0 Å². The number of rotatable bonds is 8. The maximum Gasteiger partial charge on any atom is 0.336 e. The van der Waals surface area contributed by atoms with Crippen LogP contribution in [-0.2, 0) is 19.1 Å². The van der Waals surface area contributed by atoms with E-state index in [1.807, 2.05) is 30.3 Å². The molecule has 0 saturated heterocycles. The summed E-state index contributed by atoms with van der Waals surface area (Å²) in [5.41, 5.74) is -0.0246. The standard InChI is InChI=1S/C25H28N2O7/c1-4-33-23(28)21-19(26-17-9-7-6-8-10-17)15-25(3,30)22(24(29)34-5-2)20(21)16-11-13-18(14-12-16)27(31)32/h6-14,20,22,26,30H,4-5,15H2,1-3H3/t20-,22-,25-/m0/s1. The zero-order valence-corrected chi connectivity index (χ0v) is 19.3. The van der Waals surface area contributed by atoms with Crippen LogP contribution < -0.4 is 5.32 Å². The Balaban J connectivity index is 2.24. The van der Waals surface area contributed by atoms with Gasteiger partial charge in [0.15, 0.2) is 0 Å². The SMILES string of the molecule is CCOC(=O)C1=C(Nc2ccccc2)C[C@](C)(O)[C@H](C(=O)OCC)[C@H]1c1ccc([N+](=O)[O-])cc1. The number of aliphatic hydroxyl groups is 1. The number of para-hydroxylation sites is 1. The summed E-state index contributed by atoms with van der Waals surface area (Å²) in [5, 5.41) is 25.8. The molecule has 3 atom stereocenters. The minimum absolute atomic E-state index is 0.0387. The van der Waals surface area contributed by atoms with Gasteiger partial charge >= 0.3 is 11.9 Å². The number of benzene rings is 2. The van der Waals surface area contributed by atoms with Crippen molar-refractivity contribution < 1.29 is 29.1 Å². The number of nitro benzene ring substituents is 1. The van der Waals surface area contributed by atoms with Gasteiger partial charge in [-0.2, -0.15) is 0 Å². The Bertz CT molecular complexity index is 1080. The Morgan fingerprint density at radius 2 is 1.71 bits per heavy atom. The van der Waals surface area contributed by atoms with Crippen LogP contribution in [0.25, 0.3) is 0 Å². The van der Waals surface area contributed by atoms with E-state index in [9.17, 15) is 24.8 Å². The van der Waals surface area contributed by atoms with Gasteiger partial charge in [0, 0.05) is 35.9 Å². The normalized spacial score (nSPS) is 22.1. The summed E-state index contributed by atoms with van der Waals surface area (Å²) in [5.74, 6) is -3.42. The van der Waals surface area contributed by atoms with E-state index in [2.05, 4.69) is 5.32 Å². The lowest BCUT2D eigenvalue weighted by molar-refractivity contribution is -0.384. The largest absolute Gasteiger partial charge is 0.466 e. The van der Waals surface area contributed by atoms with E-state index < -0.39 is 34.3 Å². The highest BCUT2D eigenvalue weighted by Crippen LogP contribution is 2.48. The zero-order chi connectivity index (χ0) is 24.9. The minimum Gasteiger partial charge on any atom is -0.466 e. The van der Waals surface area contributed by atoms with Crippen molar-refractivity contribution in [3.63, 3.8) is 0 Å². The number of ether oxygens (including phenoxy) is 2. The van der Waals surface area contributed by atoms with Crippen molar-refractivity contribution in [1.82, 2.24) is 0 Å². The maximum absolute atomic E-state index is 13.2. The summed E-state index contributed by atoms with van der Waals surface area (Å²) in [6, 6.07) is 14.7. The molecule has 0 aromatic heterocycles. The molecule has 0 fully saturated rings. The molecule has 0 radical (unpaired) electrons. The molecule has 0 spiro atoms. The van der Waals surface area contributed by atoms with Gasteiger partial charge in [-0.3, -0.25) is 14.9 Å². The van der Waals surface area contributed by atoms with Crippen molar-refractivity contribution in [3.8, 4) is 0 Å². The maximum atomic E-state index is 13.2. The van der Waals surface area contributed by atoms with Crippen molar-refractivity contribution in [3.05, 3.63) is 81.5 Å². The van der Waals surface area contributed by atoms with Gasteiger partial charge in [-0.15, -0.1) is 0 Å². The molecule has 180 valence electrons. The zero-order valence-electron chi connectivity index (χ0n) is 19.3. The second kappa shape index (κ2) is 10.5. The first kappa shape index (κ1) is 24.9. The molecule has 0 aliphatic heterocycles. The average molecular weight is 469 g/mol. The van der Waals surface area contributed by atoms with E-state index in [-0.39, 0.29) is 30.9 Å². The lowest BCUT2D eigenvalue weighted by Gasteiger charge is -2.43. The van der Waals surface area contributed by atoms with E-state index in [1.54, 1.807) is 13.8 Å². The molecule has 9 heteroatoms. The fourth-order valence-corrected chi connectivity index (χ4v) is 4.33. The van der Waals surface area contributed by atoms with Crippen LogP contribution in [-0.4, -0.2) is 40.8 Å². The molecule has 0 bridgehead atoms. The molecule has 2 aromatic carbocycles. The predicted octanol–water partition coefficient (Wildman–Crippen LogP) is 3.94. The van der Waals surface area contributed by atoms with Crippen LogP contribution in [0.15, 0.2) is 65.9 Å². The number of anilines is 1. The van der Waals surface area contributed by atoms with Crippen LogP contribution >= 0.6 is 0 Å². The lowest BCUT2D eigenvalue weighted by atomic mass is 9.65. The number of nitrogens with one attached hydrogen (secondary N) is 1. The van der Waals surface area contributed by atoms with Crippen molar-refractivity contribution in [2.75, 3.05) is 18.5 Å². The summed E-state index contributed by atoms with van der Waals surface area (Å²) in [4.78, 5) is 36.9. The Labute approximate surface area is 197 Å². The second-order valence-corrected chi connectivity index (χ2v) is 8.19. The lowest BCUT2D eigenvalue weighted by Crippen LogP contribution is -2.49. The third kappa shape index (κ3) is 5.26. The highest BCUT2D eigenvalue weighted by atomic mass is 16.6. The fourth-order valence-electron chi connectivity index (χ4n) is 4.33. The summed E-state index contributed by atoms with van der Waals surface area (Å²) in [6.07, 6.45) is -0.0387. The Kier molecular flexibility index (Phi) is 7.68. The topological polar surface area (TPSA) is 128 Å². The number of carbonyl (C=O) groups excluding carboxylic acids is 2. The first-order valence-corrected chi connectivity index (χ1v) is 11.0. The summed E-state index contributed by atoms with van der Waals surface area (Å²) in [7, 11) is 0. The van der Waals surface area contributed by atoms with E-state index >= 15 is 0 Å². The smallest absolute Gasteiger partial charge is 0.336 e. The van der Waals surface area contributed by atoms with Crippen molar-refractivity contribution in [2.24, 2.45) is 5.92 Å². The molecule has 0 unspecified atom stereocenters. The van der Waals surface area contributed by atoms with Crippen molar-refractivity contribution >= 4 is 23.3 Å². The van der Waals surface area contributed by atoms with E-state index in [1.165, 1.54) is 31.2 Å². The van der Waals surface area contributed by atoms with Crippen LogP contribution in [0.3, 0.4) is 0 Å². The predicted molar refractivity (Wildman–Crippen MR) is 125 cm³/mol. The van der Waals surface area contributed by atoms with E-state index in [0.717, 1.165) is 0 Å². The van der Waals surface area contributed by atoms with E-state index in [4.69, 9.17) is 9.47 Å². The molecule has 9 nitrogen and oxygen atoms in total. The molecule has 3 rings (SSSR count). The summed E-state index contributed by atoms with van der Waals surface area (Å²) in [6.45, 7) is 5.04. The fraction of sp³-hybridized carbons (Fsp3) is 0.360. The summed E-state index contributed by atoms with van der Waals surface area (Å²) < 4.78 is 10.6. The molecule has 0 heterocycles. The number of carbonyl (C=O) groups is 2. The van der Waals surface area contributed by atoms with E-state index in [0.29, 0.717) is 16.9 Å². The molecule has 34 heavy (non-hydrogen) atoms. The summed E-state index contributed by atoms with van der Waals surface area (Å²) >= 11 is 0. The molecule has 1 aliphatic rings. The van der Waals surface area contributed by atoms with Crippen LogP contribution in [0.4, 0.5) is 11.4 Å². The van der Waals surface area contributed by atoms with Gasteiger partial charge in [0.1, 0.15) is 0 Å². The number of hydrogen-bond acceptors (Lipinski definition) is 8. The molecular formula is C25H28N2O7. The van der Waals surface area contributed by atoms with Crippen LogP contribution in [0.5, 0.6) is 0 Å². The minimum atomic E-state index is -1.59. The van der Waals surface area contributed by atoms with Crippen molar-refractivity contribution in [2.45, 2.75) is 38.7 Å². The third-order valence-electron chi connectivity index (χ3n) is 5.74. The molecule has 0 amide bonds. The highest BCUT2D eigenvalue weighted by molar-refractivity contribution is 5.94. The molecule has 0 saturated carbocycles. The van der Waals surface area contributed by atoms with Crippen LogP contribution in [0.1, 0.15) is 38.7 Å². The number of nitro groups is 1. The average Bonchev–Trinajstić information content (AvgIpc) is 2.79. The Hall–Kier alpha value is -3.72. The second-order valence-electron chi connectivity index (χ2n) is 8.19. The number of non-ortho nitro benzene ring substituents is 1. The first-order valence-electron chi connectivity index (χ1n) is 11.0. The van der Waals surface area contributed by atoms with Gasteiger partial charge in [0.25, 0.3) is 5.69 Å². The van der Waals surface area contributed by atoms with Gasteiger partial charge in [0.05, 0.1) is 35.2 Å². The van der Waals surface area contributed by atoms with Gasteiger partial charge < -0.3 is 19.9 Å². The molecule has 2 N–H and O–H groups in total. The van der Waals surface area contributed by atoms with Gasteiger partial charge in [-0.25, -0.2) is 4.79 Å². The van der Waals surface area contributed by atoms with Crippen molar-refractivity contribution in [1.29, 1.82) is 0 Å². The molecular weight excluding hydrogens is 440 g/mol. The highest BCUT2D eigenvalue weighted by Gasteiger charge is 2.52. The molecule has 2 aromatic rings. The third-order valence-corrected chi connectivity index (χ3v) is 5.74. The Morgan fingerprint density at radius 3 is 2.26 bits per heavy atom. The van der Waals surface area contributed by atoms with Crippen LogP contribution in [0, 0.1) is 16.0 Å². The number of hydrogen-bond donors (Lipinski definition) is 2. The van der Waals surface area contributed by atoms with Crippen LogP contribution in [0.2, 0.25) is 0 Å². The monoisotopic (exact) mass is 468 g/mol. The number of nitrogens with zero attached hydrogens (tertiary/aromatic N) is 1. The van der Waals surface area contributed by atoms with Gasteiger partial charge in [-0.05, 0) is 38.5 Å². The first-order chi connectivity index (χ1) is 16.2. The Morgan fingerprint density at radius 1 is 1.09 bits per heavy atom. The number of esters is 2. The quantitative estimate of drug-likeness (QED) is 0.339. The molecule has 1 aliphatic carbocycles. The van der Waals surface area contributed by atoms with Gasteiger partial charge in [-0.1, -0.05) is 30.3 Å².